The second-order valence-corrected chi connectivity index (χ2v) is 11.6. The normalized spacial score (nSPS) is 43.4. The summed E-state index contributed by atoms with van der Waals surface area (Å²) in [7, 11) is 1.33. The molecule has 7 saturated carbocycles. The fourth-order valence-corrected chi connectivity index (χ4v) is 8.65. The van der Waals surface area contributed by atoms with Crippen molar-refractivity contribution < 1.29 is 19.1 Å². The van der Waals surface area contributed by atoms with Gasteiger partial charge in [-0.25, -0.2) is 4.79 Å². The molecule has 3 unspecified atom stereocenters. The highest BCUT2D eigenvalue weighted by Crippen LogP contribution is 2.59. The van der Waals surface area contributed by atoms with E-state index in [2.05, 4.69) is 10.6 Å². The second kappa shape index (κ2) is 8.08. The van der Waals surface area contributed by atoms with Crippen LogP contribution in [-0.4, -0.2) is 37.5 Å². The molecule has 0 spiro atoms. The quantitative estimate of drug-likeness (QED) is 0.635. The van der Waals surface area contributed by atoms with Gasteiger partial charge in [0, 0.05) is 6.54 Å². The number of hydrogen-bond acceptors (Lipinski definition) is 4. The first-order chi connectivity index (χ1) is 14.9. The third-order valence-corrected chi connectivity index (χ3v) is 9.54. The molecule has 6 nitrogen and oxygen atoms in total. The monoisotopic (exact) mass is 430 g/mol. The predicted molar refractivity (Wildman–Crippen MR) is 116 cm³/mol. The van der Waals surface area contributed by atoms with Gasteiger partial charge in [0.1, 0.15) is 6.04 Å². The zero-order chi connectivity index (χ0) is 21.8. The summed E-state index contributed by atoms with van der Waals surface area (Å²) in [5, 5.41) is 6.18. The van der Waals surface area contributed by atoms with Crippen molar-refractivity contribution in [2.24, 2.45) is 46.8 Å². The lowest BCUT2D eigenvalue weighted by Gasteiger charge is -2.57. The van der Waals surface area contributed by atoms with Crippen LogP contribution in [0.1, 0.15) is 71.1 Å². The third-order valence-electron chi connectivity index (χ3n) is 9.54. The Morgan fingerprint density at radius 2 is 1.35 bits per heavy atom. The van der Waals surface area contributed by atoms with E-state index in [0.29, 0.717) is 5.41 Å². The molecule has 0 aromatic carbocycles. The van der Waals surface area contributed by atoms with Crippen LogP contribution in [0.2, 0.25) is 0 Å². The molecule has 7 aliphatic rings. The molecule has 7 rings (SSSR count). The second-order valence-electron chi connectivity index (χ2n) is 11.6. The van der Waals surface area contributed by atoms with E-state index in [1.807, 2.05) is 0 Å². The van der Waals surface area contributed by atoms with Gasteiger partial charge in [-0.1, -0.05) is 0 Å². The first kappa shape index (κ1) is 21.3. The van der Waals surface area contributed by atoms with Gasteiger partial charge >= 0.3 is 5.97 Å². The molecule has 172 valence electrons. The highest BCUT2D eigenvalue weighted by atomic mass is 16.5. The number of methoxy groups -OCH3 is 1. The molecule has 0 aliphatic heterocycles. The van der Waals surface area contributed by atoms with Crippen LogP contribution in [0.15, 0.2) is 0 Å². The SMILES string of the molecule is COC(=O)C(C)NC(=O)C1C2CCC(CC2)C1C(=O)NCC12CC3CC(CC(C3)C1)C2. The molecule has 3 atom stereocenters. The van der Waals surface area contributed by atoms with Gasteiger partial charge in [0.05, 0.1) is 18.9 Å². The minimum absolute atomic E-state index is 0.0796. The summed E-state index contributed by atoms with van der Waals surface area (Å²) in [6.45, 7) is 2.43. The maximum Gasteiger partial charge on any atom is 0.328 e. The van der Waals surface area contributed by atoms with E-state index in [1.165, 1.54) is 45.6 Å². The van der Waals surface area contributed by atoms with Crippen molar-refractivity contribution in [3.8, 4) is 0 Å². The molecule has 0 saturated heterocycles. The van der Waals surface area contributed by atoms with E-state index in [9.17, 15) is 14.4 Å². The highest BCUT2D eigenvalue weighted by Gasteiger charge is 2.53. The average molecular weight is 431 g/mol. The number of ether oxygens (including phenoxy) is 1. The number of carbonyl (C=O) groups is 3. The molecule has 0 heterocycles. The lowest BCUT2D eigenvalue weighted by Crippen LogP contribution is -2.57. The van der Waals surface area contributed by atoms with Crippen LogP contribution >= 0.6 is 0 Å². The Bertz CT molecular complexity index is 707. The molecule has 7 fully saturated rings. The van der Waals surface area contributed by atoms with E-state index in [-0.39, 0.29) is 35.5 Å². The van der Waals surface area contributed by atoms with Gasteiger partial charge in [0.25, 0.3) is 0 Å². The van der Waals surface area contributed by atoms with Crippen LogP contribution < -0.4 is 10.6 Å². The van der Waals surface area contributed by atoms with Crippen LogP contribution in [0.25, 0.3) is 0 Å². The van der Waals surface area contributed by atoms with Crippen LogP contribution in [0, 0.1) is 46.8 Å². The standard InChI is InChI=1S/C25H38N2O4/c1-14(24(30)31-2)27-23(29)21-19-5-3-18(4-6-19)20(21)22(28)26-13-25-10-15-7-16(11-25)9-17(8-15)12-25/h14-21H,3-13H2,1-2H3,(H,26,28)(H,27,29). The molecule has 2 N–H and O–H groups in total. The third kappa shape index (κ3) is 3.89. The fourth-order valence-electron chi connectivity index (χ4n) is 8.65. The summed E-state index contributed by atoms with van der Waals surface area (Å²) >= 11 is 0. The van der Waals surface area contributed by atoms with Crippen molar-refractivity contribution in [3.63, 3.8) is 0 Å². The smallest absolute Gasteiger partial charge is 0.328 e. The number of rotatable bonds is 6. The van der Waals surface area contributed by atoms with Crippen molar-refractivity contribution >= 4 is 17.8 Å². The zero-order valence-corrected chi connectivity index (χ0v) is 19.0. The summed E-state index contributed by atoms with van der Waals surface area (Å²) in [6, 6.07) is -0.686. The molecule has 0 radical (unpaired) electrons. The van der Waals surface area contributed by atoms with Crippen LogP contribution in [0.3, 0.4) is 0 Å². The predicted octanol–water partition coefficient (Wildman–Crippen LogP) is 3.05. The summed E-state index contributed by atoms with van der Waals surface area (Å²) in [4.78, 5) is 38.4. The van der Waals surface area contributed by atoms with E-state index >= 15 is 0 Å². The number of hydrogen-bond donors (Lipinski definition) is 2. The summed E-state index contributed by atoms with van der Waals surface area (Å²) < 4.78 is 4.76. The average Bonchev–Trinajstić information content (AvgIpc) is 2.76. The number of esters is 1. The van der Waals surface area contributed by atoms with Gasteiger partial charge in [-0.05, 0) is 106 Å². The lowest BCUT2D eigenvalue weighted by molar-refractivity contribution is -0.150. The van der Waals surface area contributed by atoms with Crippen molar-refractivity contribution in [2.45, 2.75) is 77.2 Å². The van der Waals surface area contributed by atoms with Gasteiger partial charge in [0.15, 0.2) is 0 Å². The minimum Gasteiger partial charge on any atom is -0.467 e. The number of fused-ring (bicyclic) bond motifs is 3. The summed E-state index contributed by atoms with van der Waals surface area (Å²) in [5.41, 5.74) is 0.301. The molecule has 31 heavy (non-hydrogen) atoms. The molecule has 7 aliphatic carbocycles. The van der Waals surface area contributed by atoms with Gasteiger partial charge in [-0.15, -0.1) is 0 Å². The van der Waals surface area contributed by atoms with E-state index in [4.69, 9.17) is 4.74 Å². The van der Waals surface area contributed by atoms with Gasteiger partial charge in [-0.2, -0.15) is 0 Å². The molecule has 6 bridgehead atoms. The van der Waals surface area contributed by atoms with E-state index in [1.54, 1.807) is 6.92 Å². The van der Waals surface area contributed by atoms with Gasteiger partial charge in [0.2, 0.25) is 11.8 Å². The van der Waals surface area contributed by atoms with Crippen molar-refractivity contribution in [3.05, 3.63) is 0 Å². The summed E-state index contributed by atoms with van der Waals surface area (Å²) in [6.07, 6.45) is 12.1. The fraction of sp³-hybridized carbons (Fsp3) is 0.880. The first-order valence-corrected chi connectivity index (χ1v) is 12.5. The van der Waals surface area contributed by atoms with Crippen LogP contribution in [-0.2, 0) is 19.1 Å². The Labute approximate surface area is 185 Å². The van der Waals surface area contributed by atoms with Crippen LogP contribution in [0.5, 0.6) is 0 Å². The van der Waals surface area contributed by atoms with Crippen molar-refractivity contribution in [1.29, 1.82) is 0 Å². The molecular formula is C25H38N2O4. The lowest BCUT2D eigenvalue weighted by atomic mass is 9.49. The number of carbonyl (C=O) groups excluding carboxylic acids is 3. The maximum atomic E-state index is 13.5. The van der Waals surface area contributed by atoms with E-state index < -0.39 is 12.0 Å². The van der Waals surface area contributed by atoms with Crippen molar-refractivity contribution in [1.82, 2.24) is 10.6 Å². The largest absolute Gasteiger partial charge is 0.467 e. The first-order valence-electron chi connectivity index (χ1n) is 12.5. The molecule has 0 aromatic rings. The number of amides is 2. The van der Waals surface area contributed by atoms with E-state index in [0.717, 1.165) is 50.0 Å². The Hall–Kier alpha value is -1.59. The Balaban J connectivity index is 1.26. The van der Waals surface area contributed by atoms with Gasteiger partial charge in [-0.3, -0.25) is 9.59 Å². The Kier molecular flexibility index (Phi) is 5.54. The molecular weight excluding hydrogens is 392 g/mol. The summed E-state index contributed by atoms with van der Waals surface area (Å²) in [5.74, 6) is 2.03. The number of nitrogens with one attached hydrogen (secondary N) is 2. The molecule has 2 amide bonds. The van der Waals surface area contributed by atoms with Crippen LogP contribution in [0.4, 0.5) is 0 Å². The topological polar surface area (TPSA) is 84.5 Å². The maximum absolute atomic E-state index is 13.5. The molecule has 6 heteroatoms. The highest BCUT2D eigenvalue weighted by molar-refractivity contribution is 5.91. The van der Waals surface area contributed by atoms with Gasteiger partial charge < -0.3 is 15.4 Å². The minimum atomic E-state index is -0.686. The van der Waals surface area contributed by atoms with Crippen molar-refractivity contribution in [2.75, 3.05) is 13.7 Å². The Morgan fingerprint density at radius 1 is 0.871 bits per heavy atom. The Morgan fingerprint density at radius 3 is 1.84 bits per heavy atom. The molecule has 0 aromatic heterocycles. The zero-order valence-electron chi connectivity index (χ0n) is 19.0.